The Hall–Kier alpha value is 1.24. The average molecular weight is 172 g/mol. The second-order valence-electron chi connectivity index (χ2n) is 0.319. The van der Waals surface area contributed by atoms with Gasteiger partial charge >= 0.3 is 31.2 Å². The zero-order valence-corrected chi connectivity index (χ0v) is 5.91. The van der Waals surface area contributed by atoms with Crippen LogP contribution in [0.25, 0.3) is 0 Å². The third-order valence-corrected chi connectivity index (χ3v) is 0. The molecule has 0 heterocycles. The maximum absolute atomic E-state index is 9.10. The van der Waals surface area contributed by atoms with Gasteiger partial charge in [-0.2, -0.15) is 0 Å². The van der Waals surface area contributed by atoms with Crippen molar-refractivity contribution in [3.8, 4) is 0 Å². The second kappa shape index (κ2) is 5.24. The van der Waals surface area contributed by atoms with Crippen LogP contribution >= 0.6 is 7.23 Å². The summed E-state index contributed by atoms with van der Waals surface area (Å²) >= 11 is -2.92. The Kier molecular flexibility index (Phi) is 9.98. The SMILES string of the molecule is [Ni].[O]=[Ti](=[O])[PH2]. The number of rotatable bonds is 0. The standard InChI is InChI=1S/Ni.2O.H2P.Ti/h;;;1H2;/q;;;-1;+1. The Labute approximate surface area is 47.7 Å². The van der Waals surface area contributed by atoms with Crippen molar-refractivity contribution in [3.63, 3.8) is 0 Å². The summed E-state index contributed by atoms with van der Waals surface area (Å²) in [6.45, 7) is 0. The summed E-state index contributed by atoms with van der Waals surface area (Å²) in [5.41, 5.74) is 0. The van der Waals surface area contributed by atoms with E-state index in [9.17, 15) is 0 Å². The average Bonchev–Trinajstić information content (AvgIpc) is 0.811. The van der Waals surface area contributed by atoms with Gasteiger partial charge in [0, 0.05) is 16.5 Å². The van der Waals surface area contributed by atoms with Gasteiger partial charge < -0.3 is 0 Å². The van der Waals surface area contributed by atoms with E-state index in [-0.39, 0.29) is 16.5 Å². The van der Waals surface area contributed by atoms with E-state index in [1.54, 1.807) is 7.23 Å². The van der Waals surface area contributed by atoms with E-state index in [0.29, 0.717) is 0 Å². The van der Waals surface area contributed by atoms with Crippen molar-refractivity contribution in [3.05, 3.63) is 0 Å². The number of hydrogen-bond donors (Lipinski definition) is 0. The fraction of sp³-hybridized carbons (Fsp3) is 0. The quantitative estimate of drug-likeness (QED) is 0.382. The molecule has 0 aromatic carbocycles. The Balaban J connectivity index is 0. The zero-order valence-electron chi connectivity index (χ0n) is 2.21. The van der Waals surface area contributed by atoms with Crippen molar-refractivity contribution >= 4 is 7.23 Å². The summed E-state index contributed by atoms with van der Waals surface area (Å²) in [7, 11) is 1.71. The van der Waals surface area contributed by atoms with Gasteiger partial charge in [0.05, 0.1) is 0 Å². The van der Waals surface area contributed by atoms with Crippen LogP contribution in [0.5, 0.6) is 0 Å². The first-order valence-electron chi connectivity index (χ1n) is 0.697. The van der Waals surface area contributed by atoms with Crippen molar-refractivity contribution < 1.29 is 40.4 Å². The van der Waals surface area contributed by atoms with E-state index in [4.69, 9.17) is 6.65 Å². The molecule has 0 radical (unpaired) electrons. The van der Waals surface area contributed by atoms with E-state index in [1.165, 1.54) is 0 Å². The molecule has 1 unspecified atom stereocenters. The minimum absolute atomic E-state index is 0. The third kappa shape index (κ3) is 35.8. The van der Waals surface area contributed by atoms with Gasteiger partial charge in [-0.3, -0.25) is 0 Å². The van der Waals surface area contributed by atoms with Gasteiger partial charge in [-0.05, 0) is 0 Å². The topological polar surface area (TPSA) is 34.1 Å². The normalized spacial score (nSPS) is 5.00. The Morgan fingerprint density at radius 3 is 1.40 bits per heavy atom. The fourth-order valence-electron chi connectivity index (χ4n) is 0. The van der Waals surface area contributed by atoms with Crippen LogP contribution in [0, 0.1) is 0 Å². The molecule has 0 fully saturated rings. The van der Waals surface area contributed by atoms with Crippen LogP contribution in [0.15, 0.2) is 0 Å². The summed E-state index contributed by atoms with van der Waals surface area (Å²) in [5.74, 6) is 0. The van der Waals surface area contributed by atoms with Crippen molar-refractivity contribution in [2.45, 2.75) is 0 Å². The van der Waals surface area contributed by atoms with Gasteiger partial charge in [-0.1, -0.05) is 0 Å². The third-order valence-electron chi connectivity index (χ3n) is 0. The molecule has 0 aromatic heterocycles. The molecule has 0 aliphatic rings. The molecule has 0 aliphatic heterocycles. The van der Waals surface area contributed by atoms with Gasteiger partial charge in [0.15, 0.2) is 0 Å². The summed E-state index contributed by atoms with van der Waals surface area (Å²) < 4.78 is 18.2. The molecule has 2 nitrogen and oxygen atoms in total. The molecular formula is H2NiO2PTi. The molecule has 0 spiro atoms. The van der Waals surface area contributed by atoms with Crippen molar-refractivity contribution in [1.29, 1.82) is 0 Å². The molecule has 0 saturated heterocycles. The van der Waals surface area contributed by atoms with Crippen LogP contribution in [0.4, 0.5) is 0 Å². The Bertz CT molecular complexity index is 58.0. The van der Waals surface area contributed by atoms with Gasteiger partial charge in [0.1, 0.15) is 0 Å². The zero-order chi connectivity index (χ0) is 3.58. The van der Waals surface area contributed by atoms with E-state index in [1.807, 2.05) is 0 Å². The van der Waals surface area contributed by atoms with Crippen molar-refractivity contribution in [2.75, 3.05) is 0 Å². The molecule has 0 saturated carbocycles. The van der Waals surface area contributed by atoms with Gasteiger partial charge in [0.2, 0.25) is 0 Å². The molecular weight excluding hydrogens is 170 g/mol. The van der Waals surface area contributed by atoms with Crippen LogP contribution in [-0.4, -0.2) is 0 Å². The Morgan fingerprint density at radius 1 is 1.40 bits per heavy atom. The van der Waals surface area contributed by atoms with Crippen LogP contribution in [0.2, 0.25) is 0 Å². The predicted molar refractivity (Wildman–Crippen MR) is 11.1 cm³/mol. The monoisotopic (exact) mass is 171 g/mol. The van der Waals surface area contributed by atoms with E-state index < -0.39 is 17.3 Å². The summed E-state index contributed by atoms with van der Waals surface area (Å²) in [4.78, 5) is 0. The molecule has 0 aromatic rings. The molecule has 5 heteroatoms. The first-order chi connectivity index (χ1) is 1.73. The first-order valence-corrected chi connectivity index (χ1v) is 5.25. The van der Waals surface area contributed by atoms with E-state index in [0.717, 1.165) is 0 Å². The molecule has 5 heavy (non-hydrogen) atoms. The van der Waals surface area contributed by atoms with Crippen LogP contribution < -0.4 is 0 Å². The summed E-state index contributed by atoms with van der Waals surface area (Å²) in [6, 6.07) is 0. The molecule has 0 bridgehead atoms. The molecule has 0 rings (SSSR count). The predicted octanol–water partition coefficient (Wildman–Crippen LogP) is 0.0832. The van der Waals surface area contributed by atoms with Crippen LogP contribution in [-0.2, 0) is 40.4 Å². The van der Waals surface area contributed by atoms with Crippen molar-refractivity contribution in [1.82, 2.24) is 0 Å². The second-order valence-corrected chi connectivity index (χ2v) is 3.26. The van der Waals surface area contributed by atoms with Gasteiger partial charge in [0.25, 0.3) is 0 Å². The fourth-order valence-corrected chi connectivity index (χ4v) is 0. The minimum atomic E-state index is -2.92. The van der Waals surface area contributed by atoms with E-state index in [2.05, 4.69) is 0 Å². The van der Waals surface area contributed by atoms with E-state index >= 15 is 0 Å². The summed E-state index contributed by atoms with van der Waals surface area (Å²) in [6.07, 6.45) is 0. The van der Waals surface area contributed by atoms with Crippen LogP contribution in [0.1, 0.15) is 0 Å². The maximum atomic E-state index is 9.10. The summed E-state index contributed by atoms with van der Waals surface area (Å²) in [5, 5.41) is 0. The Morgan fingerprint density at radius 2 is 1.40 bits per heavy atom. The van der Waals surface area contributed by atoms with Crippen LogP contribution in [0.3, 0.4) is 0 Å². The molecule has 0 amide bonds. The molecule has 0 aliphatic carbocycles. The first kappa shape index (κ1) is 9.53. The molecule has 1 atom stereocenters. The van der Waals surface area contributed by atoms with Crippen molar-refractivity contribution in [2.24, 2.45) is 0 Å². The van der Waals surface area contributed by atoms with Gasteiger partial charge in [-0.25, -0.2) is 0 Å². The molecule has 0 N–H and O–H groups in total. The number of hydrogen-bond acceptors (Lipinski definition) is 2. The van der Waals surface area contributed by atoms with Gasteiger partial charge in [-0.15, -0.1) is 0 Å². The molecule has 33 valence electrons.